The summed E-state index contributed by atoms with van der Waals surface area (Å²) in [6.07, 6.45) is 2.62. The van der Waals surface area contributed by atoms with E-state index in [1.54, 1.807) is 0 Å². The summed E-state index contributed by atoms with van der Waals surface area (Å²) < 4.78 is 6.20. The third kappa shape index (κ3) is 4.52. The van der Waals surface area contributed by atoms with Crippen molar-refractivity contribution in [1.82, 2.24) is 9.78 Å². The molecule has 0 saturated carbocycles. The Morgan fingerprint density at radius 2 is 2.39 bits per heavy atom. The van der Waals surface area contributed by atoms with Gasteiger partial charge in [-0.05, 0) is 0 Å². The molecule has 0 aliphatic heterocycles. The number of aliphatic carboxylic acids is 1. The molecule has 0 bridgehead atoms. The number of hydrogen-bond donors (Lipinski definition) is 3. The van der Waals surface area contributed by atoms with Crippen LogP contribution in [0.2, 0.25) is 0 Å². The van der Waals surface area contributed by atoms with Crippen LogP contribution in [0.3, 0.4) is 0 Å². The monoisotopic (exact) mass is 256 g/mol. The van der Waals surface area contributed by atoms with Crippen LogP contribution in [0, 0.1) is 0 Å². The molecule has 1 atom stereocenters. The van der Waals surface area contributed by atoms with Gasteiger partial charge >= 0.3 is 5.97 Å². The van der Waals surface area contributed by atoms with E-state index in [1.807, 2.05) is 0 Å². The average molecular weight is 256 g/mol. The Labute approximate surface area is 104 Å². The number of ether oxygens (including phenoxy) is 1. The van der Waals surface area contributed by atoms with E-state index < -0.39 is 5.97 Å². The minimum Gasteiger partial charge on any atom is -0.480 e. The lowest BCUT2D eigenvalue weighted by Gasteiger charge is -2.11. The highest BCUT2D eigenvalue weighted by Crippen LogP contribution is 2.06. The molecule has 18 heavy (non-hydrogen) atoms. The number of rotatable bonds is 7. The number of amides is 1. The molecule has 0 saturated heterocycles. The fraction of sp³-hybridized carbons (Fsp3) is 0.500. The molecule has 1 aromatic heterocycles. The summed E-state index contributed by atoms with van der Waals surface area (Å²) in [5.74, 6) is -1.26. The second kappa shape index (κ2) is 6.72. The Kier molecular flexibility index (Phi) is 5.28. The van der Waals surface area contributed by atoms with Gasteiger partial charge in [0.1, 0.15) is 6.54 Å². The van der Waals surface area contributed by atoms with Crippen LogP contribution in [0.1, 0.15) is 6.42 Å². The number of nitrogens with zero attached hydrogens (tertiary/aromatic N) is 2. The summed E-state index contributed by atoms with van der Waals surface area (Å²) in [5.41, 5.74) is 5.84. The molecule has 0 aliphatic carbocycles. The molecule has 0 aliphatic rings. The van der Waals surface area contributed by atoms with E-state index >= 15 is 0 Å². The first kappa shape index (κ1) is 14.1. The van der Waals surface area contributed by atoms with E-state index in [4.69, 9.17) is 15.6 Å². The van der Waals surface area contributed by atoms with Gasteiger partial charge in [0.2, 0.25) is 5.91 Å². The minimum atomic E-state index is -1.00. The second-order valence-electron chi connectivity index (χ2n) is 3.67. The molecular formula is C10H16N4O4. The predicted octanol–water partition coefficient (Wildman–Crippen LogP) is -0.730. The topological polar surface area (TPSA) is 119 Å². The first-order valence-corrected chi connectivity index (χ1v) is 5.32. The number of aromatic nitrogens is 2. The summed E-state index contributed by atoms with van der Waals surface area (Å²) in [6.45, 7) is 0.00155. The smallest absolute Gasteiger partial charge is 0.325 e. The molecule has 0 fully saturated rings. The van der Waals surface area contributed by atoms with E-state index in [0.29, 0.717) is 5.69 Å². The Morgan fingerprint density at radius 1 is 1.67 bits per heavy atom. The van der Waals surface area contributed by atoms with E-state index in [0.717, 1.165) is 0 Å². The third-order valence-corrected chi connectivity index (χ3v) is 2.22. The van der Waals surface area contributed by atoms with E-state index in [2.05, 4.69) is 10.4 Å². The van der Waals surface area contributed by atoms with E-state index in [9.17, 15) is 9.59 Å². The minimum absolute atomic E-state index is 0.136. The molecule has 8 heteroatoms. The van der Waals surface area contributed by atoms with Gasteiger partial charge in [0.05, 0.1) is 24.4 Å². The third-order valence-electron chi connectivity index (χ3n) is 2.22. The molecule has 0 radical (unpaired) electrons. The van der Waals surface area contributed by atoms with Crippen LogP contribution in [-0.4, -0.2) is 46.5 Å². The van der Waals surface area contributed by atoms with Gasteiger partial charge in [-0.2, -0.15) is 5.10 Å². The molecule has 0 spiro atoms. The fourth-order valence-corrected chi connectivity index (χ4v) is 1.33. The van der Waals surface area contributed by atoms with Crippen LogP contribution < -0.4 is 11.1 Å². The second-order valence-corrected chi connectivity index (χ2v) is 3.67. The zero-order chi connectivity index (χ0) is 13.5. The van der Waals surface area contributed by atoms with Gasteiger partial charge in [-0.25, -0.2) is 0 Å². The SMILES string of the molecule is COC(CN)CC(=O)Nc1cnn(CC(=O)O)c1. The number of carbonyl (C=O) groups excluding carboxylic acids is 1. The first-order chi connectivity index (χ1) is 8.55. The van der Waals surface area contributed by atoms with Crippen molar-refractivity contribution in [2.75, 3.05) is 19.0 Å². The lowest BCUT2D eigenvalue weighted by molar-refractivity contribution is -0.137. The first-order valence-electron chi connectivity index (χ1n) is 5.32. The van der Waals surface area contributed by atoms with Gasteiger partial charge in [0, 0.05) is 19.9 Å². The molecule has 0 aromatic carbocycles. The zero-order valence-electron chi connectivity index (χ0n) is 10.00. The molecule has 1 unspecified atom stereocenters. The average Bonchev–Trinajstić information content (AvgIpc) is 2.72. The quantitative estimate of drug-likeness (QED) is 0.591. The van der Waals surface area contributed by atoms with Crippen LogP contribution in [0.4, 0.5) is 5.69 Å². The van der Waals surface area contributed by atoms with Crippen molar-refractivity contribution in [3.8, 4) is 0 Å². The van der Waals surface area contributed by atoms with Crippen LogP contribution in [0.5, 0.6) is 0 Å². The molecule has 1 amide bonds. The van der Waals surface area contributed by atoms with Crippen LogP contribution >= 0.6 is 0 Å². The summed E-state index contributed by atoms with van der Waals surface area (Å²) in [7, 11) is 1.48. The standard InChI is InChI=1S/C10H16N4O4/c1-18-8(3-11)2-9(15)13-7-4-12-14(5-7)6-10(16)17/h4-5,8H,2-3,6,11H2,1H3,(H,13,15)(H,16,17). The highest BCUT2D eigenvalue weighted by molar-refractivity contribution is 5.90. The Bertz CT molecular complexity index is 414. The summed E-state index contributed by atoms with van der Waals surface area (Å²) >= 11 is 0. The number of carbonyl (C=O) groups is 2. The van der Waals surface area contributed by atoms with Crippen molar-refractivity contribution in [2.24, 2.45) is 5.73 Å². The number of nitrogens with one attached hydrogen (secondary N) is 1. The van der Waals surface area contributed by atoms with Gasteiger partial charge in [-0.1, -0.05) is 0 Å². The molecule has 4 N–H and O–H groups in total. The molecular weight excluding hydrogens is 240 g/mol. The van der Waals surface area contributed by atoms with Gasteiger partial charge in [-0.3, -0.25) is 14.3 Å². The molecule has 8 nitrogen and oxygen atoms in total. The van der Waals surface area contributed by atoms with Crippen LogP contribution in [0.15, 0.2) is 12.4 Å². The molecule has 1 rings (SSSR count). The van der Waals surface area contributed by atoms with Gasteiger partial charge in [-0.15, -0.1) is 0 Å². The summed E-state index contributed by atoms with van der Waals surface area (Å²) in [4.78, 5) is 22.0. The van der Waals surface area contributed by atoms with Crippen molar-refractivity contribution in [3.05, 3.63) is 12.4 Å². The van der Waals surface area contributed by atoms with Gasteiger partial charge in [0.25, 0.3) is 0 Å². The summed E-state index contributed by atoms with van der Waals surface area (Å²) in [6, 6.07) is 0. The van der Waals surface area contributed by atoms with Crippen LogP contribution in [0.25, 0.3) is 0 Å². The maximum Gasteiger partial charge on any atom is 0.325 e. The van der Waals surface area contributed by atoms with E-state index in [-0.39, 0.29) is 31.5 Å². The van der Waals surface area contributed by atoms with Gasteiger partial charge in [0.15, 0.2) is 0 Å². The molecule has 100 valence electrons. The van der Waals surface area contributed by atoms with Crippen molar-refractivity contribution < 1.29 is 19.4 Å². The van der Waals surface area contributed by atoms with Crippen molar-refractivity contribution in [1.29, 1.82) is 0 Å². The number of nitrogens with two attached hydrogens (primary N) is 1. The normalized spacial score (nSPS) is 12.1. The highest BCUT2D eigenvalue weighted by Gasteiger charge is 2.12. The number of hydrogen-bond acceptors (Lipinski definition) is 5. The maximum atomic E-state index is 11.6. The van der Waals surface area contributed by atoms with Crippen molar-refractivity contribution in [3.63, 3.8) is 0 Å². The fourth-order valence-electron chi connectivity index (χ4n) is 1.33. The lowest BCUT2D eigenvalue weighted by Crippen LogP contribution is -2.28. The molecule has 1 aromatic rings. The lowest BCUT2D eigenvalue weighted by atomic mass is 10.2. The van der Waals surface area contributed by atoms with Crippen LogP contribution in [-0.2, 0) is 20.9 Å². The largest absolute Gasteiger partial charge is 0.480 e. The van der Waals surface area contributed by atoms with Crippen molar-refractivity contribution >= 4 is 17.6 Å². The van der Waals surface area contributed by atoms with E-state index in [1.165, 1.54) is 24.2 Å². The highest BCUT2D eigenvalue weighted by atomic mass is 16.5. The Morgan fingerprint density at radius 3 is 2.94 bits per heavy atom. The summed E-state index contributed by atoms with van der Waals surface area (Å²) in [5, 5.41) is 14.9. The Hall–Kier alpha value is -1.93. The maximum absolute atomic E-state index is 11.6. The Balaban J connectivity index is 2.49. The van der Waals surface area contributed by atoms with Crippen molar-refractivity contribution in [2.45, 2.75) is 19.1 Å². The number of methoxy groups -OCH3 is 1. The zero-order valence-corrected chi connectivity index (χ0v) is 10.00. The predicted molar refractivity (Wildman–Crippen MR) is 63.0 cm³/mol. The number of carboxylic acid groups (broad SMARTS) is 1. The number of anilines is 1. The molecule has 1 heterocycles. The van der Waals surface area contributed by atoms with Gasteiger partial charge < -0.3 is 20.9 Å². The number of carboxylic acids is 1.